The summed E-state index contributed by atoms with van der Waals surface area (Å²) in [5, 5.41) is -0.386. The minimum atomic E-state index is -4.56. The number of hydrogen-bond acceptors (Lipinski definition) is 3. The predicted molar refractivity (Wildman–Crippen MR) is 97.6 cm³/mol. The summed E-state index contributed by atoms with van der Waals surface area (Å²) in [7, 11) is 0. The molecule has 0 aliphatic carbocycles. The zero-order valence-electron chi connectivity index (χ0n) is 15.0. The van der Waals surface area contributed by atoms with Gasteiger partial charge in [-0.05, 0) is 36.6 Å². The molecule has 2 aliphatic rings. The van der Waals surface area contributed by atoms with Crippen molar-refractivity contribution in [1.82, 2.24) is 9.80 Å². The van der Waals surface area contributed by atoms with E-state index in [9.17, 15) is 22.8 Å². The minimum absolute atomic E-state index is 0.0408. The van der Waals surface area contributed by atoms with Gasteiger partial charge in [0.15, 0.2) is 0 Å². The van der Waals surface area contributed by atoms with Crippen molar-refractivity contribution in [2.24, 2.45) is 0 Å². The van der Waals surface area contributed by atoms with Crippen LogP contribution in [0.3, 0.4) is 0 Å². The first-order valence-corrected chi connectivity index (χ1v) is 9.37. The molecule has 1 aromatic rings. The first-order chi connectivity index (χ1) is 13.3. The summed E-state index contributed by atoms with van der Waals surface area (Å²) in [6, 6.07) is 3.48. The molecular weight excluding hydrogens is 397 g/mol. The van der Waals surface area contributed by atoms with Gasteiger partial charge in [-0.25, -0.2) is 0 Å². The third-order valence-corrected chi connectivity index (χ3v) is 5.15. The van der Waals surface area contributed by atoms with Crippen LogP contribution in [0.1, 0.15) is 24.0 Å². The number of nitrogens with zero attached hydrogens (tertiary/aromatic N) is 2. The van der Waals surface area contributed by atoms with Crippen LogP contribution in [0.2, 0.25) is 5.02 Å². The molecule has 0 N–H and O–H groups in total. The van der Waals surface area contributed by atoms with Crippen LogP contribution in [0, 0.1) is 0 Å². The number of alkyl halides is 3. The smallest absolute Gasteiger partial charge is 0.368 e. The lowest BCUT2D eigenvalue weighted by atomic mass is 10.1. The van der Waals surface area contributed by atoms with E-state index in [1.54, 1.807) is 9.80 Å². The first kappa shape index (κ1) is 20.7. The number of carbonyl (C=O) groups excluding carboxylic acids is 2. The topological polar surface area (TPSA) is 49.9 Å². The molecule has 2 aliphatic heterocycles. The maximum absolute atomic E-state index is 12.9. The Labute approximate surface area is 165 Å². The Morgan fingerprint density at radius 1 is 1.14 bits per heavy atom. The van der Waals surface area contributed by atoms with E-state index < -0.39 is 11.7 Å². The fraction of sp³-hybridized carbons (Fsp3) is 0.474. The van der Waals surface area contributed by atoms with Crippen LogP contribution in [0.4, 0.5) is 13.2 Å². The standard InChI is InChI=1S/C19H20ClF3N2O3/c20-15-5-3-13(12-14(15)19(21,22)23)4-6-17(26)24-7-9-25(10-8-24)18(27)16-2-1-11-28-16/h3-6,12,16H,1-2,7-11H2/b6-4+. The second kappa shape index (κ2) is 8.53. The summed E-state index contributed by atoms with van der Waals surface area (Å²) >= 11 is 5.59. The van der Waals surface area contributed by atoms with Crippen molar-refractivity contribution in [2.45, 2.75) is 25.1 Å². The molecule has 9 heteroatoms. The molecule has 28 heavy (non-hydrogen) atoms. The Bertz CT molecular complexity index is 768. The molecule has 1 unspecified atom stereocenters. The number of carbonyl (C=O) groups is 2. The Morgan fingerprint density at radius 3 is 2.43 bits per heavy atom. The van der Waals surface area contributed by atoms with Gasteiger partial charge in [-0.15, -0.1) is 0 Å². The van der Waals surface area contributed by atoms with Crippen LogP contribution in [0.25, 0.3) is 6.08 Å². The van der Waals surface area contributed by atoms with Crippen LogP contribution >= 0.6 is 11.6 Å². The first-order valence-electron chi connectivity index (χ1n) is 9.00. The number of rotatable bonds is 3. The van der Waals surface area contributed by atoms with E-state index in [1.807, 2.05) is 0 Å². The van der Waals surface area contributed by atoms with Crippen molar-refractivity contribution < 1.29 is 27.5 Å². The van der Waals surface area contributed by atoms with Crippen LogP contribution in [-0.4, -0.2) is 60.5 Å². The number of hydrogen-bond donors (Lipinski definition) is 0. The molecule has 0 radical (unpaired) electrons. The fourth-order valence-corrected chi connectivity index (χ4v) is 3.48. The normalized spacial score (nSPS) is 20.8. The van der Waals surface area contributed by atoms with Crippen LogP contribution in [-0.2, 0) is 20.5 Å². The minimum Gasteiger partial charge on any atom is -0.368 e. The number of amides is 2. The summed E-state index contributed by atoms with van der Waals surface area (Å²) in [6.07, 6.45) is -0.771. The van der Waals surface area contributed by atoms with E-state index in [0.29, 0.717) is 32.8 Å². The average molecular weight is 417 g/mol. The van der Waals surface area contributed by atoms with Crippen LogP contribution in [0.5, 0.6) is 0 Å². The molecule has 0 aromatic heterocycles. The van der Waals surface area contributed by atoms with E-state index in [1.165, 1.54) is 18.2 Å². The maximum Gasteiger partial charge on any atom is 0.417 e. The van der Waals surface area contributed by atoms with Crippen molar-refractivity contribution in [2.75, 3.05) is 32.8 Å². The number of ether oxygens (including phenoxy) is 1. The third-order valence-electron chi connectivity index (χ3n) is 4.82. The van der Waals surface area contributed by atoms with Gasteiger partial charge in [0, 0.05) is 38.9 Å². The lowest BCUT2D eigenvalue weighted by molar-refractivity contribution is -0.144. The summed E-state index contributed by atoms with van der Waals surface area (Å²) in [5.74, 6) is -0.353. The summed E-state index contributed by atoms with van der Waals surface area (Å²) in [6.45, 7) is 2.17. The molecule has 2 saturated heterocycles. The molecule has 2 amide bonds. The Kier molecular flexibility index (Phi) is 6.30. The van der Waals surface area contributed by atoms with Gasteiger partial charge in [-0.1, -0.05) is 17.7 Å². The quantitative estimate of drug-likeness (QED) is 0.711. The molecule has 2 fully saturated rings. The van der Waals surface area contributed by atoms with Gasteiger partial charge < -0.3 is 14.5 Å². The highest BCUT2D eigenvalue weighted by molar-refractivity contribution is 6.31. The third kappa shape index (κ3) is 4.86. The summed E-state index contributed by atoms with van der Waals surface area (Å²) in [4.78, 5) is 27.9. The molecule has 0 saturated carbocycles. The van der Waals surface area contributed by atoms with Crippen molar-refractivity contribution in [3.63, 3.8) is 0 Å². The summed E-state index contributed by atoms with van der Waals surface area (Å²) < 4.78 is 44.1. The average Bonchev–Trinajstić information content (AvgIpc) is 3.20. The fourth-order valence-electron chi connectivity index (χ4n) is 3.26. The molecule has 152 valence electrons. The van der Waals surface area contributed by atoms with Gasteiger partial charge in [0.05, 0.1) is 10.6 Å². The van der Waals surface area contributed by atoms with Gasteiger partial charge in [0.2, 0.25) is 5.91 Å². The highest BCUT2D eigenvalue weighted by atomic mass is 35.5. The maximum atomic E-state index is 12.9. The van der Waals surface area contributed by atoms with Gasteiger partial charge in [0.1, 0.15) is 6.10 Å². The van der Waals surface area contributed by atoms with Gasteiger partial charge in [-0.3, -0.25) is 9.59 Å². The Hall–Kier alpha value is -2.06. The predicted octanol–water partition coefficient (Wildman–Crippen LogP) is 3.22. The van der Waals surface area contributed by atoms with Crippen molar-refractivity contribution in [3.8, 4) is 0 Å². The van der Waals surface area contributed by atoms with Crippen LogP contribution < -0.4 is 0 Å². The van der Waals surface area contributed by atoms with Crippen molar-refractivity contribution in [1.29, 1.82) is 0 Å². The molecule has 1 atom stereocenters. The molecule has 2 heterocycles. The zero-order chi connectivity index (χ0) is 20.3. The van der Waals surface area contributed by atoms with Crippen molar-refractivity contribution in [3.05, 3.63) is 40.4 Å². The molecular formula is C19H20ClF3N2O3. The van der Waals surface area contributed by atoms with E-state index in [-0.39, 0.29) is 28.5 Å². The van der Waals surface area contributed by atoms with Crippen molar-refractivity contribution >= 4 is 29.5 Å². The highest BCUT2D eigenvalue weighted by Crippen LogP contribution is 2.35. The number of piperazine rings is 1. The SMILES string of the molecule is O=C(/C=C/c1ccc(Cl)c(C(F)(F)F)c1)N1CCN(C(=O)C2CCCO2)CC1. The van der Waals surface area contributed by atoms with Crippen LogP contribution in [0.15, 0.2) is 24.3 Å². The lowest BCUT2D eigenvalue weighted by Crippen LogP contribution is -2.52. The van der Waals surface area contributed by atoms with E-state index in [0.717, 1.165) is 25.0 Å². The number of benzene rings is 1. The molecule has 5 nitrogen and oxygen atoms in total. The second-order valence-corrected chi connectivity index (χ2v) is 7.13. The Morgan fingerprint density at radius 2 is 1.82 bits per heavy atom. The van der Waals surface area contributed by atoms with E-state index >= 15 is 0 Å². The Balaban J connectivity index is 1.56. The number of halogens is 4. The monoisotopic (exact) mass is 416 g/mol. The second-order valence-electron chi connectivity index (χ2n) is 6.72. The van der Waals surface area contributed by atoms with Gasteiger partial charge in [-0.2, -0.15) is 13.2 Å². The van der Waals surface area contributed by atoms with E-state index in [2.05, 4.69) is 0 Å². The van der Waals surface area contributed by atoms with Gasteiger partial charge >= 0.3 is 6.18 Å². The molecule has 1 aromatic carbocycles. The molecule has 3 rings (SSSR count). The van der Waals surface area contributed by atoms with Gasteiger partial charge in [0.25, 0.3) is 5.91 Å². The summed E-state index contributed by atoms with van der Waals surface area (Å²) in [5.41, 5.74) is -0.706. The van der Waals surface area contributed by atoms with E-state index in [4.69, 9.17) is 16.3 Å². The highest BCUT2D eigenvalue weighted by Gasteiger charge is 2.33. The lowest BCUT2D eigenvalue weighted by Gasteiger charge is -2.35. The molecule has 0 spiro atoms. The molecule has 0 bridgehead atoms. The zero-order valence-corrected chi connectivity index (χ0v) is 15.8. The largest absolute Gasteiger partial charge is 0.417 e.